The van der Waals surface area contributed by atoms with E-state index in [4.69, 9.17) is 14.2 Å². The Morgan fingerprint density at radius 3 is 1.06 bits per heavy atom. The quantitative estimate of drug-likeness (QED) is 0.0267. The van der Waals surface area contributed by atoms with E-state index in [9.17, 15) is 14.4 Å². The zero-order chi connectivity index (χ0) is 39.4. The molecule has 0 rings (SSSR count). The van der Waals surface area contributed by atoms with Gasteiger partial charge in [0.25, 0.3) is 0 Å². The van der Waals surface area contributed by atoms with Gasteiger partial charge in [0, 0.05) is 19.3 Å². The number of unbranched alkanes of at least 4 members (excludes halogenated alkanes) is 27. The van der Waals surface area contributed by atoms with E-state index in [0.717, 1.165) is 77.0 Å². The minimum Gasteiger partial charge on any atom is -0.462 e. The lowest BCUT2D eigenvalue weighted by molar-refractivity contribution is -0.167. The van der Waals surface area contributed by atoms with Crippen LogP contribution in [-0.4, -0.2) is 37.2 Å². The Morgan fingerprint density at radius 1 is 0.370 bits per heavy atom. The first-order valence-electron chi connectivity index (χ1n) is 23.3. The van der Waals surface area contributed by atoms with Crippen LogP contribution in [0.5, 0.6) is 0 Å². The molecule has 0 aliphatic rings. The second-order valence-corrected chi connectivity index (χ2v) is 15.7. The molecule has 0 saturated heterocycles. The van der Waals surface area contributed by atoms with Crippen molar-refractivity contribution in [2.45, 2.75) is 252 Å². The van der Waals surface area contributed by atoms with Crippen molar-refractivity contribution >= 4 is 17.9 Å². The molecule has 0 aromatic rings. The van der Waals surface area contributed by atoms with Gasteiger partial charge in [0.1, 0.15) is 13.2 Å². The van der Waals surface area contributed by atoms with Gasteiger partial charge in [0.15, 0.2) is 6.10 Å². The summed E-state index contributed by atoms with van der Waals surface area (Å²) in [5, 5.41) is 0. The summed E-state index contributed by atoms with van der Waals surface area (Å²) in [5.74, 6) is -0.886. The third kappa shape index (κ3) is 41.1. The molecule has 0 aliphatic heterocycles. The van der Waals surface area contributed by atoms with E-state index in [0.29, 0.717) is 19.3 Å². The first kappa shape index (κ1) is 51.9. The number of rotatable bonds is 42. The Bertz CT molecular complexity index is 880. The average Bonchev–Trinajstić information content (AvgIpc) is 3.17. The Hall–Kier alpha value is -2.11. The van der Waals surface area contributed by atoms with Crippen molar-refractivity contribution < 1.29 is 28.6 Å². The molecule has 6 nitrogen and oxygen atoms in total. The lowest BCUT2D eigenvalue weighted by Gasteiger charge is -2.18. The van der Waals surface area contributed by atoms with Crippen LogP contribution in [0.4, 0.5) is 0 Å². The van der Waals surface area contributed by atoms with Crippen LogP contribution in [-0.2, 0) is 28.6 Å². The van der Waals surface area contributed by atoms with Crippen LogP contribution in [0, 0.1) is 0 Å². The number of carbonyl (C=O) groups excluding carboxylic acids is 3. The molecule has 1 unspecified atom stereocenters. The fourth-order valence-electron chi connectivity index (χ4n) is 6.65. The fourth-order valence-corrected chi connectivity index (χ4v) is 6.65. The molecule has 0 spiro atoms. The molecule has 0 bridgehead atoms. The summed E-state index contributed by atoms with van der Waals surface area (Å²) < 4.78 is 16.6. The van der Waals surface area contributed by atoms with E-state index in [2.05, 4.69) is 45.1 Å². The standard InChI is InChI=1S/C48H88O6/c1-4-7-10-13-15-17-19-21-23-24-25-27-28-30-32-35-38-41-47(50)53-44-45(43-52-46(49)40-37-34-12-9-6-3)54-48(51)42-39-36-33-31-29-26-22-20-18-16-14-11-8-5-2/h15,17,21,23,45H,4-14,16,18-20,22,24-44H2,1-3H3/b17-15-,23-21-. The third-order valence-electron chi connectivity index (χ3n) is 10.2. The van der Waals surface area contributed by atoms with Gasteiger partial charge in [-0.05, 0) is 51.4 Å². The van der Waals surface area contributed by atoms with Gasteiger partial charge in [0.2, 0.25) is 0 Å². The molecule has 0 aromatic heterocycles. The van der Waals surface area contributed by atoms with Crippen LogP contribution in [0.25, 0.3) is 0 Å². The maximum absolute atomic E-state index is 12.7. The molecule has 6 heteroatoms. The zero-order valence-corrected chi connectivity index (χ0v) is 36.0. The highest BCUT2D eigenvalue weighted by molar-refractivity contribution is 5.71. The van der Waals surface area contributed by atoms with Crippen LogP contribution >= 0.6 is 0 Å². The second kappa shape index (κ2) is 43.6. The van der Waals surface area contributed by atoms with Gasteiger partial charge in [-0.15, -0.1) is 0 Å². The highest BCUT2D eigenvalue weighted by Gasteiger charge is 2.19. The molecule has 0 amide bonds. The van der Waals surface area contributed by atoms with Crippen LogP contribution in [0.1, 0.15) is 245 Å². The van der Waals surface area contributed by atoms with Gasteiger partial charge in [0.05, 0.1) is 0 Å². The number of hydrogen-bond donors (Lipinski definition) is 0. The number of esters is 3. The second-order valence-electron chi connectivity index (χ2n) is 15.7. The van der Waals surface area contributed by atoms with Crippen molar-refractivity contribution in [3.05, 3.63) is 24.3 Å². The van der Waals surface area contributed by atoms with Crippen LogP contribution in [0.3, 0.4) is 0 Å². The molecule has 0 aromatic carbocycles. The van der Waals surface area contributed by atoms with E-state index >= 15 is 0 Å². The van der Waals surface area contributed by atoms with Gasteiger partial charge in [-0.1, -0.05) is 199 Å². The van der Waals surface area contributed by atoms with Crippen molar-refractivity contribution in [2.75, 3.05) is 13.2 Å². The molecular formula is C48H88O6. The van der Waals surface area contributed by atoms with Gasteiger partial charge in [-0.2, -0.15) is 0 Å². The van der Waals surface area contributed by atoms with Crippen molar-refractivity contribution in [3.8, 4) is 0 Å². The number of hydrogen-bond acceptors (Lipinski definition) is 6. The summed E-state index contributed by atoms with van der Waals surface area (Å²) in [4.78, 5) is 37.5. The van der Waals surface area contributed by atoms with E-state index in [1.54, 1.807) is 0 Å². The van der Waals surface area contributed by atoms with Crippen LogP contribution in [0.15, 0.2) is 24.3 Å². The predicted molar refractivity (Wildman–Crippen MR) is 229 cm³/mol. The summed E-state index contributed by atoms with van der Waals surface area (Å²) in [6.07, 6.45) is 47.6. The van der Waals surface area contributed by atoms with E-state index in [1.165, 1.54) is 128 Å². The average molecular weight is 761 g/mol. The first-order valence-corrected chi connectivity index (χ1v) is 23.3. The Labute approximate surface area is 334 Å². The van der Waals surface area contributed by atoms with E-state index < -0.39 is 6.10 Å². The Morgan fingerprint density at radius 2 is 0.667 bits per heavy atom. The molecule has 0 N–H and O–H groups in total. The summed E-state index contributed by atoms with van der Waals surface area (Å²) in [5.41, 5.74) is 0. The largest absolute Gasteiger partial charge is 0.462 e. The molecule has 0 aliphatic carbocycles. The fraction of sp³-hybridized carbons (Fsp3) is 0.854. The molecule has 0 saturated carbocycles. The third-order valence-corrected chi connectivity index (χ3v) is 10.2. The number of carbonyl (C=O) groups is 3. The number of ether oxygens (including phenoxy) is 3. The summed E-state index contributed by atoms with van der Waals surface area (Å²) >= 11 is 0. The first-order chi connectivity index (χ1) is 26.5. The highest BCUT2D eigenvalue weighted by atomic mass is 16.6. The lowest BCUT2D eigenvalue weighted by atomic mass is 10.0. The smallest absolute Gasteiger partial charge is 0.306 e. The molecule has 1 atom stereocenters. The number of allylic oxidation sites excluding steroid dienone is 4. The SMILES string of the molecule is CCCCC/C=C\C/C=C\CCCCCCCCCC(=O)OCC(COC(=O)CCCCCCC)OC(=O)CCCCCCCCCCCCCCCC. The minimum absolute atomic E-state index is 0.0719. The Balaban J connectivity index is 4.19. The predicted octanol–water partition coefficient (Wildman–Crippen LogP) is 14.8. The van der Waals surface area contributed by atoms with Gasteiger partial charge in [-0.3, -0.25) is 14.4 Å². The topological polar surface area (TPSA) is 78.9 Å². The molecule has 0 fully saturated rings. The summed E-state index contributed by atoms with van der Waals surface area (Å²) in [6, 6.07) is 0. The molecule has 0 heterocycles. The van der Waals surface area contributed by atoms with Gasteiger partial charge >= 0.3 is 17.9 Å². The Kier molecular flexibility index (Phi) is 41.9. The van der Waals surface area contributed by atoms with Crippen molar-refractivity contribution in [1.82, 2.24) is 0 Å². The van der Waals surface area contributed by atoms with Crippen molar-refractivity contribution in [3.63, 3.8) is 0 Å². The van der Waals surface area contributed by atoms with Crippen molar-refractivity contribution in [2.24, 2.45) is 0 Å². The summed E-state index contributed by atoms with van der Waals surface area (Å²) in [6.45, 7) is 6.53. The molecule has 0 radical (unpaired) electrons. The summed E-state index contributed by atoms with van der Waals surface area (Å²) in [7, 11) is 0. The van der Waals surface area contributed by atoms with Crippen molar-refractivity contribution in [1.29, 1.82) is 0 Å². The molecule has 316 valence electrons. The zero-order valence-electron chi connectivity index (χ0n) is 36.0. The maximum atomic E-state index is 12.7. The van der Waals surface area contributed by atoms with E-state index in [-0.39, 0.29) is 31.1 Å². The molecular weight excluding hydrogens is 673 g/mol. The minimum atomic E-state index is -0.765. The van der Waals surface area contributed by atoms with Crippen LogP contribution < -0.4 is 0 Å². The maximum Gasteiger partial charge on any atom is 0.306 e. The highest BCUT2D eigenvalue weighted by Crippen LogP contribution is 2.15. The normalized spacial score (nSPS) is 12.1. The van der Waals surface area contributed by atoms with Gasteiger partial charge < -0.3 is 14.2 Å². The van der Waals surface area contributed by atoms with Crippen LogP contribution in [0.2, 0.25) is 0 Å². The lowest BCUT2D eigenvalue weighted by Crippen LogP contribution is -2.30. The monoisotopic (exact) mass is 761 g/mol. The van der Waals surface area contributed by atoms with E-state index in [1.807, 2.05) is 0 Å². The molecule has 54 heavy (non-hydrogen) atoms. The van der Waals surface area contributed by atoms with Gasteiger partial charge in [-0.25, -0.2) is 0 Å².